The summed E-state index contributed by atoms with van der Waals surface area (Å²) in [6.45, 7) is 3.87. The summed E-state index contributed by atoms with van der Waals surface area (Å²) in [4.78, 5) is 0. The van der Waals surface area contributed by atoms with Gasteiger partial charge in [-0.1, -0.05) is 23.4 Å². The predicted molar refractivity (Wildman–Crippen MR) is 72.3 cm³/mol. The fourth-order valence-corrected chi connectivity index (χ4v) is 1.61. The molecule has 1 aromatic carbocycles. The molecule has 0 unspecified atom stereocenters. The van der Waals surface area contributed by atoms with Gasteiger partial charge in [-0.05, 0) is 37.7 Å². The van der Waals surface area contributed by atoms with Gasteiger partial charge >= 0.3 is 0 Å². The monoisotopic (exact) mass is 247 g/mol. The maximum absolute atomic E-state index is 5.18. The van der Waals surface area contributed by atoms with Crippen LogP contribution in [0.2, 0.25) is 0 Å². The van der Waals surface area contributed by atoms with Crippen molar-refractivity contribution >= 4 is 28.9 Å². The molecule has 0 saturated heterocycles. The summed E-state index contributed by atoms with van der Waals surface area (Å²) in [5, 5.41) is 10.3. The van der Waals surface area contributed by atoms with Gasteiger partial charge in [0.2, 0.25) is 5.88 Å². The van der Waals surface area contributed by atoms with E-state index in [4.69, 9.17) is 16.7 Å². The van der Waals surface area contributed by atoms with Crippen LogP contribution < -0.4 is 10.6 Å². The fraction of sp³-hybridized carbons (Fsp3) is 0.167. The summed E-state index contributed by atoms with van der Waals surface area (Å²) in [7, 11) is 0. The molecule has 88 valence electrons. The van der Waals surface area contributed by atoms with Gasteiger partial charge in [0.1, 0.15) is 0 Å². The first kappa shape index (κ1) is 11.6. The van der Waals surface area contributed by atoms with Gasteiger partial charge in [-0.15, -0.1) is 0 Å². The molecule has 5 heteroatoms. The van der Waals surface area contributed by atoms with Crippen LogP contribution in [-0.4, -0.2) is 10.3 Å². The Morgan fingerprint density at radius 3 is 2.65 bits per heavy atom. The van der Waals surface area contributed by atoms with E-state index < -0.39 is 0 Å². The zero-order valence-electron chi connectivity index (χ0n) is 9.65. The predicted octanol–water partition coefficient (Wildman–Crippen LogP) is 3.10. The van der Waals surface area contributed by atoms with E-state index in [1.54, 1.807) is 6.07 Å². The third-order valence-corrected chi connectivity index (χ3v) is 2.46. The fourth-order valence-electron chi connectivity index (χ4n) is 1.40. The number of nitrogens with zero attached hydrogens (tertiary/aromatic N) is 1. The Labute approximate surface area is 105 Å². The minimum atomic E-state index is 0.482. The SMILES string of the molecule is Cc1cc(NC(=S)Nc2ccccc2C)on1. The Kier molecular flexibility index (Phi) is 3.39. The van der Waals surface area contributed by atoms with E-state index in [1.165, 1.54) is 0 Å². The maximum atomic E-state index is 5.18. The second kappa shape index (κ2) is 4.97. The number of nitrogens with one attached hydrogen (secondary N) is 2. The molecule has 0 aliphatic carbocycles. The molecule has 1 aromatic heterocycles. The van der Waals surface area contributed by atoms with Crippen LogP contribution in [-0.2, 0) is 0 Å². The van der Waals surface area contributed by atoms with Gasteiger partial charge in [0.25, 0.3) is 0 Å². The van der Waals surface area contributed by atoms with Crippen molar-refractivity contribution in [2.24, 2.45) is 0 Å². The number of aromatic nitrogens is 1. The van der Waals surface area contributed by atoms with E-state index in [-0.39, 0.29) is 0 Å². The van der Waals surface area contributed by atoms with Gasteiger partial charge in [-0.3, -0.25) is 0 Å². The quantitative estimate of drug-likeness (QED) is 0.799. The lowest BCUT2D eigenvalue weighted by atomic mass is 10.2. The Bertz CT molecular complexity index is 536. The van der Waals surface area contributed by atoms with Crippen molar-refractivity contribution in [2.45, 2.75) is 13.8 Å². The number of hydrogen-bond donors (Lipinski definition) is 2. The lowest BCUT2D eigenvalue weighted by Gasteiger charge is -2.09. The van der Waals surface area contributed by atoms with Gasteiger partial charge in [0.05, 0.1) is 5.69 Å². The first-order valence-electron chi connectivity index (χ1n) is 5.22. The molecular weight excluding hydrogens is 234 g/mol. The van der Waals surface area contributed by atoms with Crippen LogP contribution in [0.25, 0.3) is 0 Å². The first-order valence-corrected chi connectivity index (χ1v) is 5.63. The van der Waals surface area contributed by atoms with Crippen LogP contribution in [0.1, 0.15) is 11.3 Å². The smallest absolute Gasteiger partial charge is 0.231 e. The molecule has 1 heterocycles. The summed E-state index contributed by atoms with van der Waals surface area (Å²) < 4.78 is 5.01. The van der Waals surface area contributed by atoms with Crippen molar-refractivity contribution < 1.29 is 4.52 Å². The van der Waals surface area contributed by atoms with Gasteiger partial charge in [-0.25, -0.2) is 0 Å². The molecule has 0 radical (unpaired) electrons. The zero-order chi connectivity index (χ0) is 12.3. The molecule has 0 aliphatic heterocycles. The number of rotatable bonds is 2. The van der Waals surface area contributed by atoms with Crippen molar-refractivity contribution in [3.05, 3.63) is 41.6 Å². The Morgan fingerprint density at radius 2 is 2.00 bits per heavy atom. The van der Waals surface area contributed by atoms with E-state index in [2.05, 4.69) is 15.8 Å². The summed E-state index contributed by atoms with van der Waals surface area (Å²) in [6.07, 6.45) is 0. The van der Waals surface area contributed by atoms with Crippen LogP contribution in [0, 0.1) is 13.8 Å². The molecule has 0 spiro atoms. The summed E-state index contributed by atoms with van der Waals surface area (Å²) in [5.41, 5.74) is 2.91. The van der Waals surface area contributed by atoms with Gasteiger partial charge in [0.15, 0.2) is 5.11 Å². The average Bonchev–Trinajstić information content (AvgIpc) is 2.67. The number of aryl methyl sites for hydroxylation is 2. The highest BCUT2D eigenvalue weighted by Gasteiger charge is 2.04. The van der Waals surface area contributed by atoms with Crippen LogP contribution in [0.4, 0.5) is 11.6 Å². The number of benzene rings is 1. The van der Waals surface area contributed by atoms with Gasteiger partial charge in [0, 0.05) is 11.8 Å². The second-order valence-electron chi connectivity index (χ2n) is 3.73. The van der Waals surface area contributed by atoms with E-state index in [1.807, 2.05) is 38.1 Å². The molecular formula is C12H13N3OS. The summed E-state index contributed by atoms with van der Waals surface area (Å²) in [6, 6.07) is 9.71. The molecule has 2 rings (SSSR count). The van der Waals surface area contributed by atoms with Crippen LogP contribution in [0.5, 0.6) is 0 Å². The molecule has 0 atom stereocenters. The topological polar surface area (TPSA) is 50.1 Å². The maximum Gasteiger partial charge on any atom is 0.231 e. The molecule has 0 aliphatic rings. The Hall–Kier alpha value is -1.88. The van der Waals surface area contributed by atoms with E-state index in [0.717, 1.165) is 16.9 Å². The number of para-hydroxylation sites is 1. The zero-order valence-corrected chi connectivity index (χ0v) is 10.5. The van der Waals surface area contributed by atoms with Crippen molar-refractivity contribution in [3.63, 3.8) is 0 Å². The van der Waals surface area contributed by atoms with Crippen LogP contribution in [0.15, 0.2) is 34.9 Å². The molecule has 17 heavy (non-hydrogen) atoms. The third kappa shape index (κ3) is 3.04. The molecule has 0 saturated carbocycles. The Morgan fingerprint density at radius 1 is 1.24 bits per heavy atom. The van der Waals surface area contributed by atoms with Gasteiger partial charge in [-0.2, -0.15) is 0 Å². The molecule has 2 N–H and O–H groups in total. The van der Waals surface area contributed by atoms with E-state index in [0.29, 0.717) is 11.0 Å². The summed E-state index contributed by atoms with van der Waals surface area (Å²) in [5.74, 6) is 0.536. The number of hydrogen-bond acceptors (Lipinski definition) is 3. The van der Waals surface area contributed by atoms with Crippen LogP contribution in [0.3, 0.4) is 0 Å². The molecule has 2 aromatic rings. The van der Waals surface area contributed by atoms with Gasteiger partial charge < -0.3 is 15.2 Å². The minimum absolute atomic E-state index is 0.482. The molecule has 0 bridgehead atoms. The van der Waals surface area contributed by atoms with Crippen molar-refractivity contribution in [2.75, 3.05) is 10.6 Å². The second-order valence-corrected chi connectivity index (χ2v) is 4.13. The average molecular weight is 247 g/mol. The molecule has 0 fully saturated rings. The van der Waals surface area contributed by atoms with E-state index >= 15 is 0 Å². The lowest BCUT2D eigenvalue weighted by molar-refractivity contribution is 0.430. The molecule has 4 nitrogen and oxygen atoms in total. The van der Waals surface area contributed by atoms with Crippen molar-refractivity contribution in [3.8, 4) is 0 Å². The third-order valence-electron chi connectivity index (χ3n) is 2.26. The number of thiocarbonyl (C=S) groups is 1. The van der Waals surface area contributed by atoms with Crippen molar-refractivity contribution in [1.82, 2.24) is 5.16 Å². The highest BCUT2D eigenvalue weighted by Crippen LogP contribution is 2.14. The van der Waals surface area contributed by atoms with Crippen molar-refractivity contribution in [1.29, 1.82) is 0 Å². The largest absolute Gasteiger partial charge is 0.338 e. The molecule has 0 amide bonds. The normalized spacial score (nSPS) is 10.0. The Balaban J connectivity index is 2.01. The number of anilines is 2. The van der Waals surface area contributed by atoms with Crippen LogP contribution >= 0.6 is 12.2 Å². The standard InChI is InChI=1S/C12H13N3OS/c1-8-5-3-4-6-10(8)13-12(17)14-11-7-9(2)15-16-11/h3-7H,1-2H3,(H2,13,14,17). The van der Waals surface area contributed by atoms with E-state index in [9.17, 15) is 0 Å². The minimum Gasteiger partial charge on any atom is -0.338 e. The first-order chi connectivity index (χ1) is 8.15. The highest BCUT2D eigenvalue weighted by atomic mass is 32.1. The lowest BCUT2D eigenvalue weighted by Crippen LogP contribution is -2.19. The summed E-state index contributed by atoms with van der Waals surface area (Å²) >= 11 is 5.18. The highest BCUT2D eigenvalue weighted by molar-refractivity contribution is 7.80.